The Bertz CT molecular complexity index is 7320. The normalized spacial score (nSPS) is 13.1. The van der Waals surface area contributed by atoms with Crippen molar-refractivity contribution in [1.82, 2.24) is 18.3 Å². The van der Waals surface area contributed by atoms with Crippen LogP contribution in [0, 0.1) is 6.85 Å². The summed E-state index contributed by atoms with van der Waals surface area (Å²) >= 11 is 0. The SMILES string of the molecule is [2H]C([2H])([2H])c1ccc2c(c1)N(c1ccccc1-c1ccccc1)c1cc(-c3cccc(-n4c5ccccc5c5ccccc54)c3-n3c4ccccc4c4ccccc43)cc3c1B2c1ccc(-c2cccc(-n4c5ccccc5c5ccccc54)c2-n2c4ccccc4c4ccccc42)cc1N3c1ccccc1-c1ccccc1. The smallest absolute Gasteiger partial charge is 0.252 e. The van der Waals surface area contributed by atoms with Crippen LogP contribution in [0.3, 0.4) is 0 Å². The molecule has 6 nitrogen and oxygen atoms in total. The zero-order valence-electron chi connectivity index (χ0n) is 62.7. The molecule has 7 heteroatoms. The Kier molecular flexibility index (Phi) is 13.0. The van der Waals surface area contributed by atoms with E-state index in [0.29, 0.717) is 0 Å². The molecular formula is C103H67BN6. The second-order valence-corrected chi connectivity index (χ2v) is 29.2. The average molecular weight is 1400 g/mol. The van der Waals surface area contributed by atoms with Crippen molar-refractivity contribution in [3.63, 3.8) is 0 Å². The number of aryl methyl sites for hydroxylation is 1. The van der Waals surface area contributed by atoms with Crippen molar-refractivity contribution < 1.29 is 4.11 Å². The fourth-order valence-electron chi connectivity index (χ4n) is 18.9. The van der Waals surface area contributed by atoms with Gasteiger partial charge in [-0.25, -0.2) is 0 Å². The lowest BCUT2D eigenvalue weighted by Gasteiger charge is -2.45. The van der Waals surface area contributed by atoms with Gasteiger partial charge in [-0.15, -0.1) is 0 Å². The zero-order valence-corrected chi connectivity index (χ0v) is 59.7. The first-order chi connectivity index (χ1) is 55.8. The Balaban J connectivity index is 0.881. The molecule has 0 aliphatic carbocycles. The number of nitrogens with zero attached hydrogens (tertiary/aromatic N) is 6. The third-order valence-electron chi connectivity index (χ3n) is 23.4. The van der Waals surface area contributed by atoms with E-state index in [2.05, 4.69) is 404 Å². The number of para-hydroxylation sites is 12. The van der Waals surface area contributed by atoms with Gasteiger partial charge in [-0.2, -0.15) is 0 Å². The molecule has 0 saturated heterocycles. The third-order valence-corrected chi connectivity index (χ3v) is 23.4. The zero-order chi connectivity index (χ0) is 74.7. The lowest BCUT2D eigenvalue weighted by Crippen LogP contribution is -2.61. The van der Waals surface area contributed by atoms with E-state index in [-0.39, 0.29) is 5.56 Å². The van der Waals surface area contributed by atoms with Crippen LogP contribution in [-0.2, 0) is 0 Å². The van der Waals surface area contributed by atoms with Crippen LogP contribution in [-0.4, -0.2) is 25.0 Å². The summed E-state index contributed by atoms with van der Waals surface area (Å²) in [6.07, 6.45) is 0. The molecule has 6 heterocycles. The monoisotopic (exact) mass is 1400 g/mol. The fraction of sp³-hybridized carbons (Fsp3) is 0.00971. The van der Waals surface area contributed by atoms with Gasteiger partial charge in [0, 0.05) is 92.2 Å². The van der Waals surface area contributed by atoms with Crippen LogP contribution in [0.5, 0.6) is 0 Å². The number of hydrogen-bond acceptors (Lipinski definition) is 2. The summed E-state index contributed by atoms with van der Waals surface area (Å²) in [5.74, 6) is 0. The van der Waals surface area contributed by atoms with E-state index in [0.717, 1.165) is 173 Å². The van der Waals surface area contributed by atoms with Crippen LogP contribution in [0.15, 0.2) is 388 Å². The highest BCUT2D eigenvalue weighted by Gasteiger charge is 2.45. The maximum atomic E-state index is 9.29. The van der Waals surface area contributed by atoms with Crippen molar-refractivity contribution in [3.8, 4) is 67.3 Å². The first-order valence-corrected chi connectivity index (χ1v) is 37.9. The maximum absolute atomic E-state index is 9.29. The van der Waals surface area contributed by atoms with Gasteiger partial charge < -0.3 is 28.1 Å². The Morgan fingerprint density at radius 3 is 0.900 bits per heavy atom. The van der Waals surface area contributed by atoms with Gasteiger partial charge in [0.1, 0.15) is 0 Å². The van der Waals surface area contributed by atoms with Crippen molar-refractivity contribution in [3.05, 3.63) is 394 Å². The molecule has 0 atom stereocenters. The van der Waals surface area contributed by atoms with Crippen LogP contribution in [0.2, 0.25) is 0 Å². The first kappa shape index (κ1) is 58.8. The highest BCUT2D eigenvalue weighted by molar-refractivity contribution is 7.00. The van der Waals surface area contributed by atoms with E-state index in [1.165, 1.54) is 32.3 Å². The Labute approximate surface area is 640 Å². The molecule has 512 valence electrons. The first-order valence-electron chi connectivity index (χ1n) is 39.4. The fourth-order valence-corrected chi connectivity index (χ4v) is 18.9. The van der Waals surface area contributed by atoms with Crippen LogP contribution >= 0.6 is 0 Å². The molecular weight excluding hydrogens is 1330 g/mol. The molecule has 21 aromatic rings. The van der Waals surface area contributed by atoms with E-state index >= 15 is 0 Å². The summed E-state index contributed by atoms with van der Waals surface area (Å²) < 4.78 is 37.9. The molecule has 110 heavy (non-hydrogen) atoms. The van der Waals surface area contributed by atoms with E-state index < -0.39 is 13.6 Å². The van der Waals surface area contributed by atoms with Crippen molar-refractivity contribution in [2.24, 2.45) is 0 Å². The topological polar surface area (TPSA) is 26.2 Å². The second-order valence-electron chi connectivity index (χ2n) is 29.2. The predicted molar refractivity (Wildman–Crippen MR) is 464 cm³/mol. The lowest BCUT2D eigenvalue weighted by molar-refractivity contribution is 1.10. The number of benzene rings is 17. The van der Waals surface area contributed by atoms with Crippen molar-refractivity contribution in [2.75, 3.05) is 9.80 Å². The molecule has 2 aliphatic heterocycles. The maximum Gasteiger partial charge on any atom is 0.252 e. The number of aromatic nitrogens is 4. The Morgan fingerprint density at radius 1 is 0.209 bits per heavy atom. The molecule has 0 saturated carbocycles. The Hall–Kier alpha value is -14.4. The van der Waals surface area contributed by atoms with E-state index in [1.54, 1.807) is 0 Å². The van der Waals surface area contributed by atoms with Crippen LogP contribution in [0.1, 0.15) is 9.68 Å². The minimum absolute atomic E-state index is 0.260. The minimum atomic E-state index is -2.45. The average Bonchev–Trinajstić information content (AvgIpc) is 1.58. The number of fused-ring (bicyclic) bond motifs is 16. The molecule has 0 unspecified atom stereocenters. The number of anilines is 6. The van der Waals surface area contributed by atoms with Gasteiger partial charge in [-0.1, -0.05) is 291 Å². The molecule has 0 fully saturated rings. The van der Waals surface area contributed by atoms with Gasteiger partial charge in [0.15, 0.2) is 0 Å². The summed E-state index contributed by atoms with van der Waals surface area (Å²) in [6.45, 7) is -2.88. The molecule has 0 amide bonds. The molecule has 4 aromatic heterocycles. The molecule has 23 rings (SSSR count). The third kappa shape index (κ3) is 9.06. The molecule has 0 radical (unpaired) electrons. The highest BCUT2D eigenvalue weighted by atomic mass is 15.2. The molecule has 0 spiro atoms. The minimum Gasteiger partial charge on any atom is -0.311 e. The summed E-state index contributed by atoms with van der Waals surface area (Å²) in [7, 11) is 0. The van der Waals surface area contributed by atoms with Crippen molar-refractivity contribution >= 4 is 144 Å². The second kappa shape index (κ2) is 24.3. The highest BCUT2D eigenvalue weighted by Crippen LogP contribution is 2.53. The van der Waals surface area contributed by atoms with Gasteiger partial charge in [-0.05, 0) is 148 Å². The largest absolute Gasteiger partial charge is 0.311 e. The summed E-state index contributed by atoms with van der Waals surface area (Å²) in [6, 6.07) is 141. The van der Waals surface area contributed by atoms with E-state index in [4.69, 9.17) is 0 Å². The summed E-state index contributed by atoms with van der Waals surface area (Å²) in [5.41, 5.74) is 30.1. The Morgan fingerprint density at radius 2 is 0.509 bits per heavy atom. The predicted octanol–water partition coefficient (Wildman–Crippen LogP) is 25.1. The van der Waals surface area contributed by atoms with Gasteiger partial charge in [0.05, 0.1) is 78.3 Å². The molecule has 0 N–H and O–H groups in total. The van der Waals surface area contributed by atoms with Gasteiger partial charge >= 0.3 is 0 Å². The summed E-state index contributed by atoms with van der Waals surface area (Å²) in [4.78, 5) is 4.98. The standard InChI is InChI=1S/C103H67BN6/c1-66-58-60-83-97(62-66)107(85-46-18-8-34-71(85)67-30-4-2-5-31-67)99-64-70(74-45-29-57-96(106-89-50-22-12-38-77(89)78-39-13-23-51-90(78)106)103(74)110-93-54-26-16-42-81(93)82-43-17-27-55-94(82)110)65-100-101(99)104(83)84-61-59-69(63-98(84)108(100)86-47-19-9-35-72(86)68-32-6-3-7-33-68)73-44-28-56-95(105-87-48-20-10-36-75(87)76-37-11-21-49-88(76)105)102(73)109-91-52-24-14-40-79(91)80-41-15-25-53-92(80)109/h2-65H,1H3/i1D3. The van der Waals surface area contributed by atoms with Crippen molar-refractivity contribution in [2.45, 2.75) is 6.85 Å². The quantitative estimate of drug-likeness (QED) is 0.128. The molecule has 17 aromatic carbocycles. The molecule has 2 aliphatic rings. The van der Waals surface area contributed by atoms with Crippen LogP contribution in [0.25, 0.3) is 154 Å². The van der Waals surface area contributed by atoms with Gasteiger partial charge in [0.2, 0.25) is 0 Å². The van der Waals surface area contributed by atoms with E-state index in [9.17, 15) is 4.11 Å². The van der Waals surface area contributed by atoms with E-state index in [1.807, 2.05) is 12.1 Å². The summed E-state index contributed by atoms with van der Waals surface area (Å²) in [5, 5.41) is 9.34. The lowest BCUT2D eigenvalue weighted by atomic mass is 9.33. The van der Waals surface area contributed by atoms with Gasteiger partial charge in [0.25, 0.3) is 6.71 Å². The van der Waals surface area contributed by atoms with Crippen molar-refractivity contribution in [1.29, 1.82) is 0 Å². The van der Waals surface area contributed by atoms with Crippen LogP contribution < -0.4 is 26.2 Å². The number of rotatable bonds is 10. The van der Waals surface area contributed by atoms with Crippen LogP contribution in [0.4, 0.5) is 34.1 Å². The van der Waals surface area contributed by atoms with Gasteiger partial charge in [-0.3, -0.25) is 0 Å². The molecule has 0 bridgehead atoms. The number of hydrogen-bond donors (Lipinski definition) is 0.